The lowest BCUT2D eigenvalue weighted by Gasteiger charge is -2.12. The van der Waals surface area contributed by atoms with E-state index >= 15 is 0 Å². The van der Waals surface area contributed by atoms with Crippen LogP contribution in [0.1, 0.15) is 25.8 Å². The van der Waals surface area contributed by atoms with Gasteiger partial charge in [-0.15, -0.1) is 0 Å². The third-order valence-corrected chi connectivity index (χ3v) is 3.15. The number of hydrogen-bond acceptors (Lipinski definition) is 2. The molecule has 0 saturated carbocycles. The fourth-order valence-electron chi connectivity index (χ4n) is 1.85. The van der Waals surface area contributed by atoms with Gasteiger partial charge in [0.05, 0.1) is 6.61 Å². The maximum absolute atomic E-state index is 5.57. The lowest BCUT2D eigenvalue weighted by atomic mass is 10.1. The Morgan fingerprint density at radius 2 is 1.81 bits per heavy atom. The van der Waals surface area contributed by atoms with Gasteiger partial charge in [0, 0.05) is 26.7 Å². The maximum atomic E-state index is 5.57. The van der Waals surface area contributed by atoms with Gasteiger partial charge in [0.25, 0.3) is 0 Å². The first-order valence-electron chi connectivity index (χ1n) is 7.78. The minimum Gasteiger partial charge on any atom is -0.380 e. The molecule has 1 aromatic rings. The molecule has 0 aromatic heterocycles. The molecule has 0 saturated heterocycles. The fraction of sp³-hybridized carbons (Fsp3) is 0.588. The second kappa shape index (κ2) is 11.1. The molecule has 1 aromatic carbocycles. The molecular formula is C17H29N3O. The van der Waals surface area contributed by atoms with Gasteiger partial charge in [-0.1, -0.05) is 44.2 Å². The fourth-order valence-corrected chi connectivity index (χ4v) is 1.85. The molecule has 118 valence electrons. The summed E-state index contributed by atoms with van der Waals surface area (Å²) in [4.78, 5) is 4.20. The van der Waals surface area contributed by atoms with Crippen LogP contribution in [0.5, 0.6) is 0 Å². The first-order valence-corrected chi connectivity index (χ1v) is 7.78. The largest absolute Gasteiger partial charge is 0.380 e. The van der Waals surface area contributed by atoms with Gasteiger partial charge >= 0.3 is 0 Å². The number of ether oxygens (including phenoxy) is 1. The van der Waals surface area contributed by atoms with E-state index in [1.165, 1.54) is 5.56 Å². The van der Waals surface area contributed by atoms with E-state index in [1.807, 2.05) is 6.07 Å². The summed E-state index contributed by atoms with van der Waals surface area (Å²) in [6.45, 7) is 7.62. The Labute approximate surface area is 129 Å². The highest BCUT2D eigenvalue weighted by Gasteiger charge is 1.98. The van der Waals surface area contributed by atoms with Crippen LogP contribution < -0.4 is 10.6 Å². The summed E-state index contributed by atoms with van der Waals surface area (Å²) in [5, 5.41) is 6.57. The van der Waals surface area contributed by atoms with Crippen LogP contribution in [-0.4, -0.2) is 39.3 Å². The summed E-state index contributed by atoms with van der Waals surface area (Å²) < 4.78 is 5.57. The van der Waals surface area contributed by atoms with Crippen LogP contribution in [0.2, 0.25) is 0 Å². The highest BCUT2D eigenvalue weighted by atomic mass is 16.5. The molecule has 0 amide bonds. The van der Waals surface area contributed by atoms with E-state index in [1.54, 1.807) is 7.05 Å². The van der Waals surface area contributed by atoms with E-state index in [-0.39, 0.29) is 0 Å². The Morgan fingerprint density at radius 3 is 2.48 bits per heavy atom. The number of aliphatic imine (C=N–C) groups is 1. The molecule has 4 nitrogen and oxygen atoms in total. The molecule has 0 aliphatic heterocycles. The van der Waals surface area contributed by atoms with E-state index in [9.17, 15) is 0 Å². The molecule has 0 atom stereocenters. The predicted molar refractivity (Wildman–Crippen MR) is 89.8 cm³/mol. The number of hydrogen-bond donors (Lipinski definition) is 2. The summed E-state index contributed by atoms with van der Waals surface area (Å²) in [7, 11) is 1.79. The van der Waals surface area contributed by atoms with Gasteiger partial charge in [-0.2, -0.15) is 0 Å². The van der Waals surface area contributed by atoms with Crippen molar-refractivity contribution in [1.29, 1.82) is 0 Å². The van der Waals surface area contributed by atoms with Crippen LogP contribution in [0, 0.1) is 5.92 Å². The van der Waals surface area contributed by atoms with Crippen molar-refractivity contribution in [2.24, 2.45) is 10.9 Å². The van der Waals surface area contributed by atoms with Crippen molar-refractivity contribution >= 4 is 5.96 Å². The normalized spacial score (nSPS) is 11.7. The van der Waals surface area contributed by atoms with Crippen molar-refractivity contribution < 1.29 is 4.74 Å². The van der Waals surface area contributed by atoms with E-state index in [2.05, 4.69) is 53.7 Å². The van der Waals surface area contributed by atoms with Crippen LogP contribution >= 0.6 is 0 Å². The number of nitrogens with zero attached hydrogens (tertiary/aromatic N) is 1. The molecule has 4 heteroatoms. The van der Waals surface area contributed by atoms with Gasteiger partial charge in [-0.05, 0) is 24.3 Å². The number of benzene rings is 1. The molecule has 0 spiro atoms. The maximum Gasteiger partial charge on any atom is 0.191 e. The summed E-state index contributed by atoms with van der Waals surface area (Å²) in [6.07, 6.45) is 2.11. The molecule has 0 heterocycles. The molecule has 0 radical (unpaired) electrons. The van der Waals surface area contributed by atoms with Crippen LogP contribution in [0.15, 0.2) is 35.3 Å². The predicted octanol–water partition coefficient (Wildman–Crippen LogP) is 2.46. The van der Waals surface area contributed by atoms with E-state index in [4.69, 9.17) is 4.74 Å². The van der Waals surface area contributed by atoms with Gasteiger partial charge in [-0.3, -0.25) is 4.99 Å². The Balaban J connectivity index is 2.07. The molecule has 0 unspecified atom stereocenters. The van der Waals surface area contributed by atoms with E-state index in [0.717, 1.165) is 38.5 Å². The van der Waals surface area contributed by atoms with Crippen molar-refractivity contribution in [3.63, 3.8) is 0 Å². The van der Waals surface area contributed by atoms with Gasteiger partial charge in [0.15, 0.2) is 5.96 Å². The second-order valence-electron chi connectivity index (χ2n) is 5.46. The highest BCUT2D eigenvalue weighted by molar-refractivity contribution is 5.79. The molecule has 0 aliphatic carbocycles. The van der Waals surface area contributed by atoms with Crippen LogP contribution in [-0.2, 0) is 11.2 Å². The Hall–Kier alpha value is -1.55. The van der Waals surface area contributed by atoms with E-state index in [0.29, 0.717) is 12.5 Å². The average Bonchev–Trinajstić information content (AvgIpc) is 2.49. The SMILES string of the molecule is CN=C(NCCOCCC(C)C)NCCc1ccccc1. The Kier molecular flexibility index (Phi) is 9.29. The van der Waals surface area contributed by atoms with Crippen molar-refractivity contribution in [3.05, 3.63) is 35.9 Å². The molecule has 0 bridgehead atoms. The van der Waals surface area contributed by atoms with E-state index < -0.39 is 0 Å². The summed E-state index contributed by atoms with van der Waals surface area (Å²) >= 11 is 0. The van der Waals surface area contributed by atoms with Crippen LogP contribution in [0.4, 0.5) is 0 Å². The van der Waals surface area contributed by atoms with Gasteiger partial charge in [0.2, 0.25) is 0 Å². The Morgan fingerprint density at radius 1 is 1.10 bits per heavy atom. The van der Waals surface area contributed by atoms with Crippen molar-refractivity contribution in [2.75, 3.05) is 33.4 Å². The number of rotatable bonds is 9. The molecule has 2 N–H and O–H groups in total. The third kappa shape index (κ3) is 9.08. The zero-order valence-electron chi connectivity index (χ0n) is 13.6. The summed E-state index contributed by atoms with van der Waals surface area (Å²) in [5.41, 5.74) is 1.33. The lowest BCUT2D eigenvalue weighted by molar-refractivity contribution is 0.128. The highest BCUT2D eigenvalue weighted by Crippen LogP contribution is 1.98. The standard InChI is InChI=1S/C17H29N3O/c1-15(2)10-13-21-14-12-20-17(18-3)19-11-9-16-7-5-4-6-8-16/h4-8,15H,9-14H2,1-3H3,(H2,18,19,20). The molecule has 21 heavy (non-hydrogen) atoms. The second-order valence-corrected chi connectivity index (χ2v) is 5.46. The van der Waals surface area contributed by atoms with Gasteiger partial charge in [-0.25, -0.2) is 0 Å². The minimum absolute atomic E-state index is 0.699. The Bertz CT molecular complexity index is 390. The summed E-state index contributed by atoms with van der Waals surface area (Å²) in [6, 6.07) is 10.4. The zero-order valence-corrected chi connectivity index (χ0v) is 13.6. The topological polar surface area (TPSA) is 45.7 Å². The van der Waals surface area contributed by atoms with Gasteiger partial charge < -0.3 is 15.4 Å². The van der Waals surface area contributed by atoms with Crippen molar-refractivity contribution in [2.45, 2.75) is 26.7 Å². The lowest BCUT2D eigenvalue weighted by Crippen LogP contribution is -2.39. The molecule has 0 aliphatic rings. The molecule has 1 rings (SSSR count). The number of guanidine groups is 1. The van der Waals surface area contributed by atoms with Crippen molar-refractivity contribution in [1.82, 2.24) is 10.6 Å². The monoisotopic (exact) mass is 291 g/mol. The first kappa shape index (κ1) is 17.5. The zero-order chi connectivity index (χ0) is 15.3. The van der Waals surface area contributed by atoms with Crippen LogP contribution in [0.3, 0.4) is 0 Å². The molecule has 0 fully saturated rings. The molecular weight excluding hydrogens is 262 g/mol. The number of nitrogens with one attached hydrogen (secondary N) is 2. The summed E-state index contributed by atoms with van der Waals surface area (Å²) in [5.74, 6) is 1.53. The average molecular weight is 291 g/mol. The van der Waals surface area contributed by atoms with Gasteiger partial charge in [0.1, 0.15) is 0 Å². The van der Waals surface area contributed by atoms with Crippen LogP contribution in [0.25, 0.3) is 0 Å². The third-order valence-electron chi connectivity index (χ3n) is 3.15. The van der Waals surface area contributed by atoms with Crippen molar-refractivity contribution in [3.8, 4) is 0 Å². The minimum atomic E-state index is 0.699. The smallest absolute Gasteiger partial charge is 0.191 e. The quantitative estimate of drug-likeness (QED) is 0.417. The first-order chi connectivity index (χ1) is 10.2.